The first-order valence-corrected chi connectivity index (χ1v) is 6.67. The minimum absolute atomic E-state index is 0.175. The molecule has 0 spiro atoms. The van der Waals surface area contributed by atoms with Gasteiger partial charge in [-0.3, -0.25) is 9.48 Å². The van der Waals surface area contributed by atoms with E-state index in [1.165, 1.54) is 25.7 Å². The largest absolute Gasteiger partial charge is 0.307 e. The Bertz CT molecular complexity index is 405. The minimum Gasteiger partial charge on any atom is -0.307 e. The Kier molecular flexibility index (Phi) is 4.70. The number of aromatic nitrogens is 2. The molecule has 18 heavy (non-hydrogen) atoms. The SMILES string of the molecule is C=CCNCC(=O)Cc1ccn(C2CCCC2)n1. The molecule has 4 heteroatoms. The third-order valence-electron chi connectivity index (χ3n) is 3.35. The van der Waals surface area contributed by atoms with Gasteiger partial charge in [0.25, 0.3) is 0 Å². The van der Waals surface area contributed by atoms with Gasteiger partial charge in [0.1, 0.15) is 0 Å². The van der Waals surface area contributed by atoms with Gasteiger partial charge in [-0.15, -0.1) is 6.58 Å². The molecule has 1 aromatic heterocycles. The van der Waals surface area contributed by atoms with E-state index >= 15 is 0 Å². The molecular weight excluding hydrogens is 226 g/mol. The molecule has 0 aliphatic heterocycles. The highest BCUT2D eigenvalue weighted by Gasteiger charge is 2.17. The second-order valence-electron chi connectivity index (χ2n) is 4.86. The van der Waals surface area contributed by atoms with Gasteiger partial charge in [-0.2, -0.15) is 5.10 Å². The molecule has 0 atom stereocenters. The molecule has 1 aliphatic rings. The maximum Gasteiger partial charge on any atom is 0.152 e. The highest BCUT2D eigenvalue weighted by molar-refractivity contribution is 5.82. The molecule has 0 saturated heterocycles. The number of hydrogen-bond donors (Lipinski definition) is 1. The van der Waals surface area contributed by atoms with E-state index < -0.39 is 0 Å². The van der Waals surface area contributed by atoms with Crippen LogP contribution in [0.3, 0.4) is 0 Å². The van der Waals surface area contributed by atoms with Gasteiger partial charge in [0.15, 0.2) is 5.78 Å². The van der Waals surface area contributed by atoms with Crippen LogP contribution >= 0.6 is 0 Å². The smallest absolute Gasteiger partial charge is 0.152 e. The molecule has 0 radical (unpaired) electrons. The van der Waals surface area contributed by atoms with Crippen LogP contribution in [-0.4, -0.2) is 28.7 Å². The van der Waals surface area contributed by atoms with E-state index in [4.69, 9.17) is 0 Å². The lowest BCUT2D eigenvalue weighted by molar-refractivity contribution is -0.117. The summed E-state index contributed by atoms with van der Waals surface area (Å²) >= 11 is 0. The van der Waals surface area contributed by atoms with E-state index in [0.717, 1.165) is 5.69 Å². The van der Waals surface area contributed by atoms with Gasteiger partial charge >= 0.3 is 0 Å². The highest BCUT2D eigenvalue weighted by Crippen LogP contribution is 2.28. The van der Waals surface area contributed by atoms with Gasteiger partial charge in [-0.05, 0) is 18.9 Å². The van der Waals surface area contributed by atoms with Crippen LogP contribution in [0.1, 0.15) is 37.4 Å². The molecular formula is C14H21N3O. The minimum atomic E-state index is 0.175. The average Bonchev–Trinajstić information content (AvgIpc) is 2.98. The Balaban J connectivity index is 1.82. The lowest BCUT2D eigenvalue weighted by atomic mass is 10.2. The maximum absolute atomic E-state index is 11.7. The first-order chi connectivity index (χ1) is 8.79. The number of rotatable bonds is 7. The number of nitrogens with one attached hydrogen (secondary N) is 1. The van der Waals surface area contributed by atoms with E-state index in [1.54, 1.807) is 6.08 Å². The maximum atomic E-state index is 11.7. The molecule has 2 rings (SSSR count). The predicted molar refractivity (Wildman–Crippen MR) is 71.5 cm³/mol. The number of Topliss-reactive ketones (excluding diaryl/α,β-unsaturated/α-hetero) is 1. The number of nitrogens with zero attached hydrogens (tertiary/aromatic N) is 2. The Hall–Kier alpha value is -1.42. The van der Waals surface area contributed by atoms with Crippen LogP contribution in [0.2, 0.25) is 0 Å². The van der Waals surface area contributed by atoms with Gasteiger partial charge in [0.2, 0.25) is 0 Å². The zero-order chi connectivity index (χ0) is 12.8. The van der Waals surface area contributed by atoms with Gasteiger partial charge in [-0.25, -0.2) is 0 Å². The van der Waals surface area contributed by atoms with Crippen molar-refractivity contribution in [3.63, 3.8) is 0 Å². The Morgan fingerprint density at radius 1 is 1.56 bits per heavy atom. The summed E-state index contributed by atoms with van der Waals surface area (Å²) in [5.41, 5.74) is 0.882. The van der Waals surface area contributed by atoms with E-state index in [1.807, 2.05) is 16.9 Å². The normalized spacial score (nSPS) is 16.0. The summed E-state index contributed by atoms with van der Waals surface area (Å²) in [6, 6.07) is 2.51. The third kappa shape index (κ3) is 3.53. The van der Waals surface area contributed by atoms with Crippen LogP contribution in [0, 0.1) is 0 Å². The summed E-state index contributed by atoms with van der Waals surface area (Å²) < 4.78 is 2.03. The van der Waals surface area contributed by atoms with Crippen LogP contribution in [0.25, 0.3) is 0 Å². The molecule has 4 nitrogen and oxygen atoms in total. The average molecular weight is 247 g/mol. The quantitative estimate of drug-likeness (QED) is 0.591. The molecule has 1 saturated carbocycles. The molecule has 1 heterocycles. The zero-order valence-electron chi connectivity index (χ0n) is 10.8. The second-order valence-corrected chi connectivity index (χ2v) is 4.86. The van der Waals surface area contributed by atoms with Gasteiger partial charge in [0.05, 0.1) is 24.7 Å². The van der Waals surface area contributed by atoms with Crippen molar-refractivity contribution < 1.29 is 4.79 Å². The molecule has 1 fully saturated rings. The zero-order valence-corrected chi connectivity index (χ0v) is 10.8. The van der Waals surface area contributed by atoms with Crippen molar-refractivity contribution in [1.82, 2.24) is 15.1 Å². The highest BCUT2D eigenvalue weighted by atomic mass is 16.1. The van der Waals surface area contributed by atoms with E-state index in [9.17, 15) is 4.79 Å². The van der Waals surface area contributed by atoms with Crippen molar-refractivity contribution >= 4 is 5.78 Å². The summed E-state index contributed by atoms with van der Waals surface area (Å²) in [5.74, 6) is 0.175. The van der Waals surface area contributed by atoms with Gasteiger partial charge in [-0.1, -0.05) is 18.9 Å². The number of hydrogen-bond acceptors (Lipinski definition) is 3. The predicted octanol–water partition coefficient (Wildman–Crippen LogP) is 1.89. The molecule has 0 unspecified atom stereocenters. The first-order valence-electron chi connectivity index (χ1n) is 6.67. The molecule has 1 N–H and O–H groups in total. The van der Waals surface area contributed by atoms with E-state index in [2.05, 4.69) is 17.0 Å². The van der Waals surface area contributed by atoms with Crippen LogP contribution in [-0.2, 0) is 11.2 Å². The summed E-state index contributed by atoms with van der Waals surface area (Å²) in [6.07, 6.45) is 9.21. The van der Waals surface area contributed by atoms with Crippen LogP contribution in [0.4, 0.5) is 0 Å². The summed E-state index contributed by atoms with van der Waals surface area (Å²) in [7, 11) is 0. The lowest BCUT2D eigenvalue weighted by Crippen LogP contribution is -2.24. The first kappa shape index (κ1) is 13.0. The van der Waals surface area contributed by atoms with Crippen molar-refractivity contribution in [2.24, 2.45) is 0 Å². The van der Waals surface area contributed by atoms with Crippen molar-refractivity contribution in [3.8, 4) is 0 Å². The molecule has 1 aromatic rings. The number of carbonyl (C=O) groups excluding carboxylic acids is 1. The Labute approximate surface area is 108 Å². The van der Waals surface area contributed by atoms with Crippen LogP contribution in [0.5, 0.6) is 0 Å². The fourth-order valence-corrected chi connectivity index (χ4v) is 2.42. The monoisotopic (exact) mass is 247 g/mol. The molecule has 0 bridgehead atoms. The standard InChI is InChI=1S/C14H21N3O/c1-2-8-15-11-14(18)10-12-7-9-17(16-12)13-5-3-4-6-13/h2,7,9,13,15H,1,3-6,8,10-11H2. The van der Waals surface area contributed by atoms with Crippen molar-refractivity contribution in [2.45, 2.75) is 38.1 Å². The Morgan fingerprint density at radius 3 is 3.06 bits per heavy atom. The molecule has 1 aliphatic carbocycles. The third-order valence-corrected chi connectivity index (χ3v) is 3.35. The van der Waals surface area contributed by atoms with Gasteiger partial charge in [0, 0.05) is 12.7 Å². The summed E-state index contributed by atoms with van der Waals surface area (Å²) in [5, 5.41) is 7.52. The molecule has 98 valence electrons. The van der Waals surface area contributed by atoms with Gasteiger partial charge < -0.3 is 5.32 Å². The van der Waals surface area contributed by atoms with E-state index in [0.29, 0.717) is 25.6 Å². The second kappa shape index (κ2) is 6.50. The van der Waals surface area contributed by atoms with Crippen molar-refractivity contribution in [2.75, 3.05) is 13.1 Å². The summed E-state index contributed by atoms with van der Waals surface area (Å²) in [6.45, 7) is 4.66. The lowest BCUT2D eigenvalue weighted by Gasteiger charge is -2.08. The van der Waals surface area contributed by atoms with Crippen LogP contribution in [0.15, 0.2) is 24.9 Å². The number of ketones is 1. The van der Waals surface area contributed by atoms with Crippen molar-refractivity contribution in [1.29, 1.82) is 0 Å². The molecule has 0 aromatic carbocycles. The van der Waals surface area contributed by atoms with Crippen LogP contribution < -0.4 is 5.32 Å². The van der Waals surface area contributed by atoms with E-state index in [-0.39, 0.29) is 5.78 Å². The fourth-order valence-electron chi connectivity index (χ4n) is 2.42. The number of carbonyl (C=O) groups is 1. The summed E-state index contributed by atoms with van der Waals surface area (Å²) in [4.78, 5) is 11.7. The fraction of sp³-hybridized carbons (Fsp3) is 0.571. The Morgan fingerprint density at radius 2 is 2.33 bits per heavy atom. The van der Waals surface area contributed by atoms with Crippen molar-refractivity contribution in [3.05, 3.63) is 30.6 Å². The topological polar surface area (TPSA) is 46.9 Å². The molecule has 0 amide bonds.